The van der Waals surface area contributed by atoms with Gasteiger partial charge in [0.1, 0.15) is 0 Å². The fourth-order valence-corrected chi connectivity index (χ4v) is 3.66. The molecule has 0 radical (unpaired) electrons. The second kappa shape index (κ2) is 5.28. The number of halogens is 3. The molecule has 5 heteroatoms. The minimum atomic E-state index is -1.41. The van der Waals surface area contributed by atoms with Crippen LogP contribution in [0.15, 0.2) is 30.3 Å². The van der Waals surface area contributed by atoms with Crippen LogP contribution >= 0.6 is 34.8 Å². The minimum Gasteiger partial charge on any atom is -0.333 e. The molecule has 1 aliphatic heterocycles. The maximum Gasteiger partial charge on any atom is 0.259 e. The van der Waals surface area contributed by atoms with E-state index in [1.807, 2.05) is 37.3 Å². The Balaban J connectivity index is 2.22. The lowest BCUT2D eigenvalue weighted by molar-refractivity contribution is -0.129. The first-order valence-electron chi connectivity index (χ1n) is 5.77. The molecule has 1 amide bonds. The zero-order valence-corrected chi connectivity index (χ0v) is 12.2. The minimum absolute atomic E-state index is 0.0646. The van der Waals surface area contributed by atoms with Crippen molar-refractivity contribution in [3.05, 3.63) is 35.9 Å². The van der Waals surface area contributed by atoms with E-state index < -0.39 is 4.33 Å². The Hall–Kier alpha value is -0.440. The standard InChI is InChI=1S/C13H14Cl3NO/c1-9-11(7-14)13(15,16)12(18)17(9)8-10-5-3-2-4-6-10/h2-6,9,11H,7-8H2,1H3/t9-,11-/m1/s1. The van der Waals surface area contributed by atoms with Gasteiger partial charge in [-0.2, -0.15) is 0 Å². The van der Waals surface area contributed by atoms with Crippen LogP contribution in [0.25, 0.3) is 0 Å². The van der Waals surface area contributed by atoms with E-state index >= 15 is 0 Å². The summed E-state index contributed by atoms with van der Waals surface area (Å²) in [4.78, 5) is 13.9. The summed E-state index contributed by atoms with van der Waals surface area (Å²) in [5.41, 5.74) is 1.05. The number of nitrogens with zero attached hydrogens (tertiary/aromatic N) is 1. The van der Waals surface area contributed by atoms with Crippen molar-refractivity contribution in [1.82, 2.24) is 4.90 Å². The van der Waals surface area contributed by atoms with Crippen molar-refractivity contribution >= 4 is 40.7 Å². The summed E-state index contributed by atoms with van der Waals surface area (Å²) in [5.74, 6) is -0.239. The number of carbonyl (C=O) groups is 1. The maximum absolute atomic E-state index is 12.2. The van der Waals surface area contributed by atoms with Gasteiger partial charge in [-0.1, -0.05) is 53.5 Å². The summed E-state index contributed by atoms with van der Waals surface area (Å²) in [6.07, 6.45) is 0. The number of likely N-dealkylation sites (tertiary alicyclic amines) is 1. The Morgan fingerprint density at radius 1 is 1.28 bits per heavy atom. The fraction of sp³-hybridized carbons (Fsp3) is 0.462. The van der Waals surface area contributed by atoms with Gasteiger partial charge >= 0.3 is 0 Å². The summed E-state index contributed by atoms with van der Waals surface area (Å²) in [5, 5.41) is 0. The Labute approximate surface area is 122 Å². The summed E-state index contributed by atoms with van der Waals surface area (Å²) in [6.45, 7) is 2.44. The molecule has 0 unspecified atom stereocenters. The maximum atomic E-state index is 12.2. The fourth-order valence-electron chi connectivity index (χ4n) is 2.28. The lowest BCUT2D eigenvalue weighted by Crippen LogP contribution is -2.34. The first-order chi connectivity index (χ1) is 8.48. The SMILES string of the molecule is C[C@@H]1[C@@H](CCl)C(Cl)(Cl)C(=O)N1Cc1ccccc1. The van der Waals surface area contributed by atoms with Gasteiger partial charge in [0.2, 0.25) is 4.33 Å². The van der Waals surface area contributed by atoms with Crippen molar-refractivity contribution in [2.45, 2.75) is 23.8 Å². The van der Waals surface area contributed by atoms with E-state index in [-0.39, 0.29) is 23.7 Å². The molecule has 0 saturated carbocycles. The Morgan fingerprint density at radius 2 is 1.89 bits per heavy atom. The molecule has 0 spiro atoms. The summed E-state index contributed by atoms with van der Waals surface area (Å²) >= 11 is 18.1. The van der Waals surface area contributed by atoms with E-state index in [1.54, 1.807) is 4.90 Å². The molecule has 0 aromatic heterocycles. The van der Waals surface area contributed by atoms with Crippen LogP contribution in [0.1, 0.15) is 12.5 Å². The predicted molar refractivity (Wildman–Crippen MR) is 75.1 cm³/mol. The van der Waals surface area contributed by atoms with Crippen LogP contribution in [0.3, 0.4) is 0 Å². The number of carbonyl (C=O) groups excluding carboxylic acids is 1. The van der Waals surface area contributed by atoms with Crippen molar-refractivity contribution in [2.24, 2.45) is 5.92 Å². The van der Waals surface area contributed by atoms with Crippen LogP contribution in [0.2, 0.25) is 0 Å². The molecule has 98 valence electrons. The van der Waals surface area contributed by atoms with Crippen LogP contribution < -0.4 is 0 Å². The monoisotopic (exact) mass is 305 g/mol. The molecule has 1 aromatic carbocycles. The predicted octanol–water partition coefficient (Wildman–Crippen LogP) is 3.45. The highest BCUT2D eigenvalue weighted by Gasteiger charge is 2.55. The van der Waals surface area contributed by atoms with Crippen molar-refractivity contribution in [2.75, 3.05) is 5.88 Å². The second-order valence-corrected chi connectivity index (χ2v) is 6.24. The Morgan fingerprint density at radius 3 is 2.39 bits per heavy atom. The molecule has 1 aromatic rings. The smallest absolute Gasteiger partial charge is 0.259 e. The third-order valence-corrected chi connectivity index (χ3v) is 4.66. The average molecular weight is 307 g/mol. The molecular formula is C13H14Cl3NO. The number of hydrogen-bond acceptors (Lipinski definition) is 1. The van der Waals surface area contributed by atoms with Gasteiger partial charge in [-0.25, -0.2) is 0 Å². The molecule has 2 rings (SSSR count). The molecule has 1 fully saturated rings. The van der Waals surface area contributed by atoms with Gasteiger partial charge in [-0.05, 0) is 12.5 Å². The highest BCUT2D eigenvalue weighted by molar-refractivity contribution is 6.59. The van der Waals surface area contributed by atoms with E-state index in [0.717, 1.165) is 5.56 Å². The number of amides is 1. The number of alkyl halides is 3. The second-order valence-electron chi connectivity index (χ2n) is 4.54. The molecule has 1 saturated heterocycles. The van der Waals surface area contributed by atoms with E-state index in [0.29, 0.717) is 6.54 Å². The largest absolute Gasteiger partial charge is 0.333 e. The molecule has 0 aliphatic carbocycles. The van der Waals surface area contributed by atoms with E-state index in [4.69, 9.17) is 34.8 Å². The van der Waals surface area contributed by atoms with Gasteiger partial charge in [0.25, 0.3) is 5.91 Å². The van der Waals surface area contributed by atoms with Crippen LogP contribution in [0.5, 0.6) is 0 Å². The molecule has 1 heterocycles. The van der Waals surface area contributed by atoms with Gasteiger partial charge < -0.3 is 4.90 Å². The molecule has 2 atom stereocenters. The van der Waals surface area contributed by atoms with E-state index in [1.165, 1.54) is 0 Å². The van der Waals surface area contributed by atoms with Gasteiger partial charge in [0.05, 0.1) is 0 Å². The normalized spacial score (nSPS) is 26.7. The third-order valence-electron chi connectivity index (χ3n) is 3.45. The third kappa shape index (κ3) is 2.34. The molecule has 1 aliphatic rings. The molecule has 0 bridgehead atoms. The Bertz CT molecular complexity index is 435. The van der Waals surface area contributed by atoms with E-state index in [2.05, 4.69) is 0 Å². The molecule has 18 heavy (non-hydrogen) atoms. The topological polar surface area (TPSA) is 20.3 Å². The number of rotatable bonds is 3. The van der Waals surface area contributed by atoms with Gasteiger partial charge in [-0.15, -0.1) is 11.6 Å². The first kappa shape index (κ1) is 14.0. The van der Waals surface area contributed by atoms with Crippen LogP contribution in [-0.2, 0) is 11.3 Å². The van der Waals surface area contributed by atoms with Crippen molar-refractivity contribution in [3.63, 3.8) is 0 Å². The zero-order chi connectivity index (χ0) is 13.3. The van der Waals surface area contributed by atoms with Gasteiger partial charge in [0, 0.05) is 24.4 Å². The lowest BCUT2D eigenvalue weighted by atomic mass is 10.0. The number of benzene rings is 1. The number of hydrogen-bond donors (Lipinski definition) is 0. The summed E-state index contributed by atoms with van der Waals surface area (Å²) in [6, 6.07) is 9.69. The van der Waals surface area contributed by atoms with Crippen LogP contribution in [0, 0.1) is 5.92 Å². The molecular weight excluding hydrogens is 293 g/mol. The first-order valence-corrected chi connectivity index (χ1v) is 7.06. The van der Waals surface area contributed by atoms with Crippen molar-refractivity contribution in [1.29, 1.82) is 0 Å². The van der Waals surface area contributed by atoms with Crippen molar-refractivity contribution < 1.29 is 4.79 Å². The Kier molecular flexibility index (Phi) is 4.10. The average Bonchev–Trinajstić information content (AvgIpc) is 2.51. The van der Waals surface area contributed by atoms with Gasteiger partial charge in [-0.3, -0.25) is 4.79 Å². The summed E-state index contributed by atoms with van der Waals surface area (Å²) < 4.78 is -1.41. The van der Waals surface area contributed by atoms with Gasteiger partial charge in [0.15, 0.2) is 0 Å². The highest BCUT2D eigenvalue weighted by atomic mass is 35.5. The van der Waals surface area contributed by atoms with Crippen LogP contribution in [0.4, 0.5) is 0 Å². The quantitative estimate of drug-likeness (QED) is 0.783. The molecule has 0 N–H and O–H groups in total. The lowest BCUT2D eigenvalue weighted by Gasteiger charge is -2.23. The van der Waals surface area contributed by atoms with Crippen LogP contribution in [-0.4, -0.2) is 27.1 Å². The zero-order valence-electron chi connectivity index (χ0n) is 9.95. The van der Waals surface area contributed by atoms with E-state index in [9.17, 15) is 4.79 Å². The van der Waals surface area contributed by atoms with Crippen molar-refractivity contribution in [3.8, 4) is 0 Å². The summed E-state index contributed by atoms with van der Waals surface area (Å²) in [7, 11) is 0. The highest BCUT2D eigenvalue weighted by Crippen LogP contribution is 2.44. The molecule has 2 nitrogen and oxygen atoms in total.